The fourth-order valence-electron chi connectivity index (χ4n) is 1.68. The van der Waals surface area contributed by atoms with E-state index in [-0.39, 0.29) is 0 Å². The van der Waals surface area contributed by atoms with Gasteiger partial charge < -0.3 is 9.80 Å². The summed E-state index contributed by atoms with van der Waals surface area (Å²) in [6, 6.07) is 0. The van der Waals surface area contributed by atoms with Gasteiger partial charge in [0.1, 0.15) is 0 Å². The van der Waals surface area contributed by atoms with E-state index < -0.39 is 0 Å². The third-order valence-corrected chi connectivity index (χ3v) is 2.39. The Hall–Kier alpha value is -0.570. The first kappa shape index (κ1) is 9.52. The minimum atomic E-state index is 0.299. The van der Waals surface area contributed by atoms with Gasteiger partial charge >= 0.3 is 0 Å². The van der Waals surface area contributed by atoms with Gasteiger partial charge in [0.25, 0.3) is 0 Å². The summed E-state index contributed by atoms with van der Waals surface area (Å²) >= 11 is 0. The standard InChI is InChI=1S/C9H18N2O/c1-10(2)7-8-4-5-11(3)9(12)6-8/h8H,4-7H2,1-3H3. The van der Waals surface area contributed by atoms with Crippen molar-refractivity contribution < 1.29 is 4.79 Å². The Morgan fingerprint density at radius 1 is 1.58 bits per heavy atom. The lowest BCUT2D eigenvalue weighted by Crippen LogP contribution is -2.38. The number of carbonyl (C=O) groups excluding carboxylic acids is 1. The molecule has 1 heterocycles. The maximum atomic E-state index is 11.3. The average molecular weight is 170 g/mol. The first-order valence-electron chi connectivity index (χ1n) is 4.48. The SMILES string of the molecule is CN(C)CC1CCN(C)C(=O)C1. The smallest absolute Gasteiger partial charge is 0.222 e. The van der Waals surface area contributed by atoms with Crippen molar-refractivity contribution in [2.24, 2.45) is 5.92 Å². The van der Waals surface area contributed by atoms with Crippen LogP contribution in [0.3, 0.4) is 0 Å². The second-order valence-electron chi connectivity index (χ2n) is 3.94. The Bertz CT molecular complexity index is 168. The number of hydrogen-bond donors (Lipinski definition) is 0. The van der Waals surface area contributed by atoms with E-state index in [1.165, 1.54) is 0 Å². The zero-order valence-corrected chi connectivity index (χ0v) is 8.21. The Morgan fingerprint density at radius 3 is 2.75 bits per heavy atom. The second-order valence-corrected chi connectivity index (χ2v) is 3.94. The van der Waals surface area contributed by atoms with Gasteiger partial charge in [0.2, 0.25) is 5.91 Å². The van der Waals surface area contributed by atoms with Crippen molar-refractivity contribution in [2.75, 3.05) is 34.2 Å². The minimum Gasteiger partial charge on any atom is -0.346 e. The lowest BCUT2D eigenvalue weighted by Gasteiger charge is -2.30. The third kappa shape index (κ3) is 2.48. The van der Waals surface area contributed by atoms with Crippen LogP contribution in [0, 0.1) is 5.92 Å². The van der Waals surface area contributed by atoms with Gasteiger partial charge in [0, 0.05) is 26.6 Å². The highest BCUT2D eigenvalue weighted by Gasteiger charge is 2.23. The number of amides is 1. The van der Waals surface area contributed by atoms with Crippen LogP contribution in [0.1, 0.15) is 12.8 Å². The molecule has 0 radical (unpaired) electrons. The van der Waals surface area contributed by atoms with Gasteiger partial charge in [-0.15, -0.1) is 0 Å². The number of carbonyl (C=O) groups is 1. The molecule has 1 unspecified atom stereocenters. The van der Waals surface area contributed by atoms with Crippen LogP contribution in [0.5, 0.6) is 0 Å². The van der Waals surface area contributed by atoms with Crippen molar-refractivity contribution in [2.45, 2.75) is 12.8 Å². The van der Waals surface area contributed by atoms with Crippen molar-refractivity contribution in [3.8, 4) is 0 Å². The molecule has 1 saturated heterocycles. The topological polar surface area (TPSA) is 23.6 Å². The Kier molecular flexibility index (Phi) is 3.09. The van der Waals surface area contributed by atoms with Crippen molar-refractivity contribution in [1.29, 1.82) is 0 Å². The molecule has 12 heavy (non-hydrogen) atoms. The highest BCUT2D eigenvalue weighted by molar-refractivity contribution is 5.76. The van der Waals surface area contributed by atoms with Gasteiger partial charge in [-0.25, -0.2) is 0 Å². The first-order chi connectivity index (χ1) is 5.59. The van der Waals surface area contributed by atoms with E-state index >= 15 is 0 Å². The molecule has 0 aromatic heterocycles. The summed E-state index contributed by atoms with van der Waals surface area (Å²) < 4.78 is 0. The van der Waals surface area contributed by atoms with Gasteiger partial charge in [-0.2, -0.15) is 0 Å². The van der Waals surface area contributed by atoms with E-state index in [0.717, 1.165) is 25.9 Å². The zero-order chi connectivity index (χ0) is 9.14. The molecule has 0 aliphatic carbocycles. The molecule has 0 aromatic carbocycles. The summed E-state index contributed by atoms with van der Waals surface area (Å²) in [5, 5.41) is 0. The summed E-state index contributed by atoms with van der Waals surface area (Å²) in [5.41, 5.74) is 0. The fourth-order valence-corrected chi connectivity index (χ4v) is 1.68. The van der Waals surface area contributed by atoms with Crippen LogP contribution in [-0.2, 0) is 4.79 Å². The Labute approximate surface area is 74.3 Å². The highest BCUT2D eigenvalue weighted by Crippen LogP contribution is 2.17. The van der Waals surface area contributed by atoms with Crippen LogP contribution in [-0.4, -0.2) is 49.9 Å². The number of likely N-dealkylation sites (tertiary alicyclic amines) is 1. The van der Waals surface area contributed by atoms with Crippen molar-refractivity contribution >= 4 is 5.91 Å². The summed E-state index contributed by atoms with van der Waals surface area (Å²) in [6.07, 6.45) is 1.88. The Morgan fingerprint density at radius 2 is 2.25 bits per heavy atom. The Balaban J connectivity index is 2.35. The molecule has 3 nitrogen and oxygen atoms in total. The van der Waals surface area contributed by atoms with Crippen LogP contribution in [0.15, 0.2) is 0 Å². The van der Waals surface area contributed by atoms with E-state index in [9.17, 15) is 4.79 Å². The molecule has 1 aliphatic heterocycles. The number of rotatable bonds is 2. The number of piperidine rings is 1. The van der Waals surface area contributed by atoms with Gasteiger partial charge in [-0.3, -0.25) is 4.79 Å². The third-order valence-electron chi connectivity index (χ3n) is 2.39. The normalized spacial score (nSPS) is 25.2. The molecule has 3 heteroatoms. The molecular weight excluding hydrogens is 152 g/mol. The summed E-state index contributed by atoms with van der Waals surface area (Å²) in [6.45, 7) is 1.97. The molecule has 70 valence electrons. The van der Waals surface area contributed by atoms with Gasteiger partial charge in [-0.05, 0) is 26.4 Å². The van der Waals surface area contributed by atoms with Crippen molar-refractivity contribution in [1.82, 2.24) is 9.80 Å². The summed E-state index contributed by atoms with van der Waals surface area (Å²) in [5.74, 6) is 0.872. The predicted octanol–water partition coefficient (Wildman–Crippen LogP) is 0.416. The molecule has 1 rings (SSSR count). The molecule has 0 aromatic rings. The van der Waals surface area contributed by atoms with E-state index in [1.54, 1.807) is 0 Å². The number of hydrogen-bond acceptors (Lipinski definition) is 2. The monoisotopic (exact) mass is 170 g/mol. The lowest BCUT2D eigenvalue weighted by molar-refractivity contribution is -0.133. The number of nitrogens with zero attached hydrogens (tertiary/aromatic N) is 2. The minimum absolute atomic E-state index is 0.299. The summed E-state index contributed by atoms with van der Waals surface area (Å²) in [4.78, 5) is 15.3. The second kappa shape index (κ2) is 3.90. The molecule has 1 fully saturated rings. The average Bonchev–Trinajstić information content (AvgIpc) is 1.96. The summed E-state index contributed by atoms with van der Waals surface area (Å²) in [7, 11) is 6.00. The van der Waals surface area contributed by atoms with E-state index in [1.807, 2.05) is 11.9 Å². The van der Waals surface area contributed by atoms with E-state index in [4.69, 9.17) is 0 Å². The van der Waals surface area contributed by atoms with Gasteiger partial charge in [-0.1, -0.05) is 0 Å². The van der Waals surface area contributed by atoms with Gasteiger partial charge in [0.15, 0.2) is 0 Å². The molecule has 0 bridgehead atoms. The van der Waals surface area contributed by atoms with E-state index in [0.29, 0.717) is 11.8 Å². The van der Waals surface area contributed by atoms with Crippen molar-refractivity contribution in [3.63, 3.8) is 0 Å². The van der Waals surface area contributed by atoms with E-state index in [2.05, 4.69) is 19.0 Å². The molecule has 1 amide bonds. The molecule has 1 aliphatic rings. The molecule has 0 saturated carbocycles. The van der Waals surface area contributed by atoms with Crippen molar-refractivity contribution in [3.05, 3.63) is 0 Å². The zero-order valence-electron chi connectivity index (χ0n) is 8.21. The maximum absolute atomic E-state index is 11.3. The first-order valence-corrected chi connectivity index (χ1v) is 4.48. The lowest BCUT2D eigenvalue weighted by atomic mass is 9.96. The largest absolute Gasteiger partial charge is 0.346 e. The van der Waals surface area contributed by atoms with Crippen LogP contribution in [0.4, 0.5) is 0 Å². The molecule has 0 spiro atoms. The van der Waals surface area contributed by atoms with Gasteiger partial charge in [0.05, 0.1) is 0 Å². The molecular formula is C9H18N2O. The fraction of sp³-hybridized carbons (Fsp3) is 0.889. The maximum Gasteiger partial charge on any atom is 0.222 e. The van der Waals surface area contributed by atoms with Crippen LogP contribution >= 0.6 is 0 Å². The molecule has 0 N–H and O–H groups in total. The van der Waals surface area contributed by atoms with Crippen LogP contribution < -0.4 is 0 Å². The highest BCUT2D eigenvalue weighted by atomic mass is 16.2. The quantitative estimate of drug-likeness (QED) is 0.599. The van der Waals surface area contributed by atoms with Crippen LogP contribution in [0.2, 0.25) is 0 Å². The van der Waals surface area contributed by atoms with Crippen LogP contribution in [0.25, 0.3) is 0 Å². The predicted molar refractivity (Wildman–Crippen MR) is 48.9 cm³/mol. The molecule has 1 atom stereocenters.